The first-order valence-corrected chi connectivity index (χ1v) is 9.15. The third kappa shape index (κ3) is 3.11. The van der Waals surface area contributed by atoms with Crippen LogP contribution in [0.4, 0.5) is 0 Å². The lowest BCUT2D eigenvalue weighted by atomic mass is 10.0. The van der Waals surface area contributed by atoms with Crippen LogP contribution in [0, 0.1) is 0 Å². The average molecular weight is 395 g/mol. The SMILES string of the molecule is COc1ccc(C2=NN(C(=O)c3ccc4c(c3)C(=O)N(C)C4O)CC2)cc1OC. The molecule has 2 aliphatic rings. The molecule has 150 valence electrons. The Morgan fingerprint density at radius 1 is 1.14 bits per heavy atom. The van der Waals surface area contributed by atoms with E-state index in [0.717, 1.165) is 11.3 Å². The molecule has 2 aromatic carbocycles. The van der Waals surface area contributed by atoms with E-state index in [1.807, 2.05) is 12.1 Å². The molecule has 0 spiro atoms. The lowest BCUT2D eigenvalue weighted by Gasteiger charge is -2.13. The van der Waals surface area contributed by atoms with Crippen LogP contribution < -0.4 is 9.47 Å². The van der Waals surface area contributed by atoms with Gasteiger partial charge in [0.05, 0.1) is 26.5 Å². The third-order valence-electron chi connectivity index (χ3n) is 5.25. The Balaban J connectivity index is 1.59. The van der Waals surface area contributed by atoms with E-state index < -0.39 is 6.23 Å². The normalized spacial score (nSPS) is 18.0. The summed E-state index contributed by atoms with van der Waals surface area (Å²) in [5, 5.41) is 15.9. The average Bonchev–Trinajstić information content (AvgIpc) is 3.33. The van der Waals surface area contributed by atoms with E-state index >= 15 is 0 Å². The molecular weight excluding hydrogens is 374 g/mol. The van der Waals surface area contributed by atoms with E-state index in [1.54, 1.807) is 32.4 Å². The molecular formula is C21H21N3O5. The number of fused-ring (bicyclic) bond motifs is 1. The summed E-state index contributed by atoms with van der Waals surface area (Å²) in [6.45, 7) is 0.441. The molecule has 2 heterocycles. The van der Waals surface area contributed by atoms with E-state index in [1.165, 1.54) is 23.0 Å². The molecule has 0 aliphatic carbocycles. The first-order valence-electron chi connectivity index (χ1n) is 9.15. The van der Waals surface area contributed by atoms with Crippen LogP contribution >= 0.6 is 0 Å². The maximum atomic E-state index is 12.9. The largest absolute Gasteiger partial charge is 0.493 e. The van der Waals surface area contributed by atoms with Crippen molar-refractivity contribution in [2.45, 2.75) is 12.6 Å². The molecule has 2 aliphatic heterocycles. The first kappa shape index (κ1) is 18.9. The second-order valence-corrected chi connectivity index (χ2v) is 6.89. The Morgan fingerprint density at radius 2 is 1.90 bits per heavy atom. The van der Waals surface area contributed by atoms with E-state index in [4.69, 9.17) is 9.47 Å². The Labute approximate surface area is 167 Å². The molecule has 4 rings (SSSR count). The summed E-state index contributed by atoms with van der Waals surface area (Å²) < 4.78 is 10.6. The van der Waals surface area contributed by atoms with Crippen molar-refractivity contribution in [1.82, 2.24) is 9.91 Å². The number of methoxy groups -OCH3 is 2. The highest BCUT2D eigenvalue weighted by Crippen LogP contribution is 2.32. The zero-order chi connectivity index (χ0) is 20.7. The molecule has 29 heavy (non-hydrogen) atoms. The van der Waals surface area contributed by atoms with Crippen LogP contribution in [0.5, 0.6) is 11.5 Å². The summed E-state index contributed by atoms with van der Waals surface area (Å²) in [5.74, 6) is 0.619. The van der Waals surface area contributed by atoms with Crippen molar-refractivity contribution in [1.29, 1.82) is 0 Å². The zero-order valence-corrected chi connectivity index (χ0v) is 16.4. The predicted octanol–water partition coefficient (Wildman–Crippen LogP) is 2.03. The van der Waals surface area contributed by atoms with Crippen molar-refractivity contribution in [3.63, 3.8) is 0 Å². The van der Waals surface area contributed by atoms with Crippen molar-refractivity contribution >= 4 is 17.5 Å². The quantitative estimate of drug-likeness (QED) is 0.855. The van der Waals surface area contributed by atoms with Crippen LogP contribution in [-0.2, 0) is 0 Å². The van der Waals surface area contributed by atoms with Gasteiger partial charge in [-0.2, -0.15) is 5.10 Å². The summed E-state index contributed by atoms with van der Waals surface area (Å²) in [6, 6.07) is 10.3. The van der Waals surface area contributed by atoms with Crippen LogP contribution in [0.2, 0.25) is 0 Å². The molecule has 2 aromatic rings. The zero-order valence-electron chi connectivity index (χ0n) is 16.4. The second-order valence-electron chi connectivity index (χ2n) is 6.89. The van der Waals surface area contributed by atoms with Gasteiger partial charge in [-0.1, -0.05) is 6.07 Å². The van der Waals surface area contributed by atoms with Gasteiger partial charge in [-0.05, 0) is 30.3 Å². The number of hydrogen-bond acceptors (Lipinski definition) is 6. The smallest absolute Gasteiger partial charge is 0.273 e. The van der Waals surface area contributed by atoms with Crippen molar-refractivity contribution in [3.05, 3.63) is 58.7 Å². The summed E-state index contributed by atoms with van der Waals surface area (Å²) in [4.78, 5) is 26.4. The maximum Gasteiger partial charge on any atom is 0.273 e. The summed E-state index contributed by atoms with van der Waals surface area (Å²) >= 11 is 0. The van der Waals surface area contributed by atoms with Gasteiger partial charge in [0.15, 0.2) is 17.7 Å². The Morgan fingerprint density at radius 3 is 2.62 bits per heavy atom. The van der Waals surface area contributed by atoms with Gasteiger partial charge in [0.1, 0.15) is 0 Å². The number of hydrazone groups is 1. The van der Waals surface area contributed by atoms with Crippen LogP contribution in [0.15, 0.2) is 41.5 Å². The number of carbonyl (C=O) groups excluding carboxylic acids is 2. The molecule has 2 amide bonds. The summed E-state index contributed by atoms with van der Waals surface area (Å²) in [7, 11) is 4.66. The van der Waals surface area contributed by atoms with Crippen LogP contribution in [0.3, 0.4) is 0 Å². The van der Waals surface area contributed by atoms with E-state index in [-0.39, 0.29) is 11.8 Å². The van der Waals surface area contributed by atoms with E-state index in [9.17, 15) is 14.7 Å². The Kier molecular flexibility index (Phi) is 4.71. The third-order valence-corrected chi connectivity index (χ3v) is 5.25. The fourth-order valence-electron chi connectivity index (χ4n) is 3.58. The predicted molar refractivity (Wildman–Crippen MR) is 105 cm³/mol. The number of rotatable bonds is 4. The minimum Gasteiger partial charge on any atom is -0.493 e. The van der Waals surface area contributed by atoms with Gasteiger partial charge < -0.3 is 19.5 Å². The number of aliphatic hydroxyl groups is 1. The van der Waals surface area contributed by atoms with Gasteiger partial charge in [0, 0.05) is 35.7 Å². The van der Waals surface area contributed by atoms with Crippen LogP contribution in [0.1, 0.15) is 44.5 Å². The van der Waals surface area contributed by atoms with Crippen LogP contribution in [-0.4, -0.2) is 60.4 Å². The molecule has 1 atom stereocenters. The molecule has 0 radical (unpaired) electrons. The monoisotopic (exact) mass is 395 g/mol. The fourth-order valence-corrected chi connectivity index (χ4v) is 3.58. The first-order chi connectivity index (χ1) is 13.9. The highest BCUT2D eigenvalue weighted by molar-refractivity contribution is 6.06. The number of benzene rings is 2. The van der Waals surface area contributed by atoms with Gasteiger partial charge in [-0.3, -0.25) is 9.59 Å². The standard InChI is InChI=1S/C21H21N3O5/c1-23-20(26)14-6-4-13(10-15(14)21(23)27)19(25)24-9-8-16(22-24)12-5-7-17(28-2)18(11-12)29-3/h4-7,10-11,20,26H,8-9H2,1-3H3. The van der Waals surface area contributed by atoms with Crippen molar-refractivity contribution < 1.29 is 24.2 Å². The fraction of sp³-hybridized carbons (Fsp3) is 0.286. The van der Waals surface area contributed by atoms with Crippen molar-refractivity contribution in [2.75, 3.05) is 27.8 Å². The minimum absolute atomic E-state index is 0.292. The van der Waals surface area contributed by atoms with E-state index in [0.29, 0.717) is 41.2 Å². The molecule has 8 nitrogen and oxygen atoms in total. The molecule has 0 aromatic heterocycles. The summed E-state index contributed by atoms with van der Waals surface area (Å²) in [5.41, 5.74) is 2.83. The second kappa shape index (κ2) is 7.21. The number of ether oxygens (including phenoxy) is 2. The maximum absolute atomic E-state index is 12.9. The van der Waals surface area contributed by atoms with Gasteiger partial charge >= 0.3 is 0 Å². The van der Waals surface area contributed by atoms with Gasteiger partial charge in [-0.15, -0.1) is 0 Å². The molecule has 1 N–H and O–H groups in total. The molecule has 8 heteroatoms. The van der Waals surface area contributed by atoms with Gasteiger partial charge in [0.25, 0.3) is 11.8 Å². The highest BCUT2D eigenvalue weighted by Gasteiger charge is 2.34. The van der Waals surface area contributed by atoms with Crippen molar-refractivity contribution in [2.24, 2.45) is 5.10 Å². The lowest BCUT2D eigenvalue weighted by Crippen LogP contribution is -2.24. The number of aliphatic hydroxyl groups excluding tert-OH is 1. The molecule has 0 bridgehead atoms. The Hall–Kier alpha value is -3.39. The number of nitrogens with zero attached hydrogens (tertiary/aromatic N) is 3. The highest BCUT2D eigenvalue weighted by atomic mass is 16.5. The van der Waals surface area contributed by atoms with Gasteiger partial charge in [0.2, 0.25) is 0 Å². The summed E-state index contributed by atoms with van der Waals surface area (Å²) in [6.07, 6.45) is -0.380. The molecule has 1 unspecified atom stereocenters. The van der Waals surface area contributed by atoms with Gasteiger partial charge in [-0.25, -0.2) is 5.01 Å². The van der Waals surface area contributed by atoms with Crippen molar-refractivity contribution in [3.8, 4) is 11.5 Å². The number of hydrogen-bond donors (Lipinski definition) is 1. The number of carbonyl (C=O) groups is 2. The lowest BCUT2D eigenvalue weighted by molar-refractivity contribution is 0.0301. The topological polar surface area (TPSA) is 91.7 Å². The molecule has 0 saturated carbocycles. The minimum atomic E-state index is -0.983. The van der Waals surface area contributed by atoms with E-state index in [2.05, 4.69) is 5.10 Å². The molecule has 0 saturated heterocycles. The van der Waals surface area contributed by atoms with Crippen LogP contribution in [0.25, 0.3) is 0 Å². The number of amides is 2. The molecule has 0 fully saturated rings. The Bertz CT molecular complexity index is 1030.